The standard InChI is InChI=1S/C25H29N5O2S/c1-32-21-9-5-8-19(14-21)22-15-23(28-27-22)25(31)30-12-10-29(11-13-30)16-20-17-33-24(26-20)18-6-3-2-4-7-18/h2-9,14,17,22-23,27-28H,10-13,15-16H2,1H3. The maximum Gasteiger partial charge on any atom is 0.241 e. The van der Waals surface area contributed by atoms with Crippen LogP contribution in [0.4, 0.5) is 0 Å². The predicted octanol–water partition coefficient (Wildman–Crippen LogP) is 3.07. The fourth-order valence-corrected chi connectivity index (χ4v) is 5.28. The molecule has 172 valence electrons. The highest BCUT2D eigenvalue weighted by atomic mass is 32.1. The van der Waals surface area contributed by atoms with Gasteiger partial charge >= 0.3 is 0 Å². The van der Waals surface area contributed by atoms with Crippen molar-refractivity contribution in [1.29, 1.82) is 0 Å². The molecule has 1 amide bonds. The minimum absolute atomic E-state index is 0.0961. The summed E-state index contributed by atoms with van der Waals surface area (Å²) in [5.74, 6) is 1.00. The van der Waals surface area contributed by atoms with E-state index >= 15 is 0 Å². The quantitative estimate of drug-likeness (QED) is 0.586. The van der Waals surface area contributed by atoms with Gasteiger partial charge in [-0.3, -0.25) is 9.69 Å². The molecule has 8 heteroatoms. The maximum atomic E-state index is 13.1. The molecule has 2 N–H and O–H groups in total. The van der Waals surface area contributed by atoms with Crippen LogP contribution in [0.25, 0.3) is 10.6 Å². The van der Waals surface area contributed by atoms with E-state index in [1.54, 1.807) is 18.4 Å². The number of piperazine rings is 1. The molecule has 2 aliphatic heterocycles. The summed E-state index contributed by atoms with van der Waals surface area (Å²) in [6, 6.07) is 18.2. The van der Waals surface area contributed by atoms with Crippen molar-refractivity contribution >= 4 is 17.2 Å². The molecule has 0 saturated carbocycles. The molecule has 2 aromatic carbocycles. The summed E-state index contributed by atoms with van der Waals surface area (Å²) in [6.07, 6.45) is 0.729. The van der Waals surface area contributed by atoms with Crippen LogP contribution in [0.2, 0.25) is 0 Å². The third kappa shape index (κ3) is 5.09. The second-order valence-electron chi connectivity index (χ2n) is 8.52. The summed E-state index contributed by atoms with van der Waals surface area (Å²) < 4.78 is 5.33. The second-order valence-corrected chi connectivity index (χ2v) is 9.38. The zero-order valence-corrected chi connectivity index (χ0v) is 19.6. The van der Waals surface area contributed by atoms with Crippen LogP contribution in [0.5, 0.6) is 5.75 Å². The van der Waals surface area contributed by atoms with Crippen LogP contribution in [-0.4, -0.2) is 60.0 Å². The number of nitrogens with one attached hydrogen (secondary N) is 2. The van der Waals surface area contributed by atoms with Crippen molar-refractivity contribution < 1.29 is 9.53 Å². The van der Waals surface area contributed by atoms with Crippen LogP contribution in [0.15, 0.2) is 60.0 Å². The Balaban J connectivity index is 1.12. The molecule has 2 fully saturated rings. The van der Waals surface area contributed by atoms with Crippen molar-refractivity contribution in [2.24, 2.45) is 0 Å². The molecule has 2 saturated heterocycles. The molecule has 0 aliphatic carbocycles. The van der Waals surface area contributed by atoms with Gasteiger partial charge in [0.1, 0.15) is 16.8 Å². The molecule has 7 nitrogen and oxygen atoms in total. The summed E-state index contributed by atoms with van der Waals surface area (Å²) >= 11 is 1.69. The van der Waals surface area contributed by atoms with Gasteiger partial charge in [0, 0.05) is 49.7 Å². The number of methoxy groups -OCH3 is 1. The lowest BCUT2D eigenvalue weighted by Crippen LogP contribution is -2.53. The molecule has 2 unspecified atom stereocenters. The van der Waals surface area contributed by atoms with Crippen molar-refractivity contribution in [3.63, 3.8) is 0 Å². The number of hydrogen-bond donors (Lipinski definition) is 2. The number of benzene rings is 2. The zero-order valence-electron chi connectivity index (χ0n) is 18.7. The van der Waals surface area contributed by atoms with E-state index in [1.165, 1.54) is 0 Å². The lowest BCUT2D eigenvalue weighted by Gasteiger charge is -2.35. The lowest BCUT2D eigenvalue weighted by molar-refractivity contribution is -0.135. The van der Waals surface area contributed by atoms with E-state index < -0.39 is 0 Å². The first-order valence-electron chi connectivity index (χ1n) is 11.4. The van der Waals surface area contributed by atoms with E-state index in [1.807, 2.05) is 41.3 Å². The Morgan fingerprint density at radius 1 is 1.09 bits per heavy atom. The predicted molar refractivity (Wildman–Crippen MR) is 130 cm³/mol. The van der Waals surface area contributed by atoms with Crippen molar-refractivity contribution in [3.8, 4) is 16.3 Å². The van der Waals surface area contributed by atoms with Crippen LogP contribution in [0, 0.1) is 0 Å². The Morgan fingerprint density at radius 3 is 2.70 bits per heavy atom. The SMILES string of the molecule is COc1cccc(C2CC(C(=O)N3CCN(Cc4csc(-c5ccccc5)n4)CC3)NN2)c1. The van der Waals surface area contributed by atoms with Crippen molar-refractivity contribution in [2.45, 2.75) is 25.0 Å². The van der Waals surface area contributed by atoms with Gasteiger partial charge in [0.2, 0.25) is 5.91 Å². The van der Waals surface area contributed by atoms with Gasteiger partial charge < -0.3 is 9.64 Å². The molecule has 33 heavy (non-hydrogen) atoms. The van der Waals surface area contributed by atoms with Gasteiger partial charge in [-0.05, 0) is 24.1 Å². The van der Waals surface area contributed by atoms with Crippen LogP contribution in [-0.2, 0) is 11.3 Å². The average Bonchev–Trinajstić information content (AvgIpc) is 3.55. The lowest BCUT2D eigenvalue weighted by atomic mass is 10.0. The summed E-state index contributed by atoms with van der Waals surface area (Å²) in [5.41, 5.74) is 9.87. The number of ether oxygens (including phenoxy) is 1. The first-order chi connectivity index (χ1) is 16.2. The van der Waals surface area contributed by atoms with E-state index in [0.717, 1.165) is 66.7 Å². The fraction of sp³-hybridized carbons (Fsp3) is 0.360. The smallest absolute Gasteiger partial charge is 0.241 e. The van der Waals surface area contributed by atoms with Crippen molar-refractivity contribution in [3.05, 3.63) is 71.2 Å². The number of thiazole rings is 1. The summed E-state index contributed by atoms with van der Waals surface area (Å²) in [7, 11) is 1.67. The first kappa shape index (κ1) is 22.0. The topological polar surface area (TPSA) is 69.7 Å². The largest absolute Gasteiger partial charge is 0.497 e. The molecule has 5 rings (SSSR count). The van der Waals surface area contributed by atoms with E-state index in [4.69, 9.17) is 9.72 Å². The molecular formula is C25H29N5O2S. The summed E-state index contributed by atoms with van der Waals surface area (Å²) in [6.45, 7) is 4.05. The number of hydrazine groups is 1. The van der Waals surface area contributed by atoms with Crippen molar-refractivity contribution in [2.75, 3.05) is 33.3 Å². The van der Waals surface area contributed by atoms with Gasteiger partial charge in [0.05, 0.1) is 12.8 Å². The van der Waals surface area contributed by atoms with Crippen LogP contribution in [0.1, 0.15) is 23.7 Å². The maximum absolute atomic E-state index is 13.1. The van der Waals surface area contributed by atoms with E-state index in [-0.39, 0.29) is 18.0 Å². The molecule has 0 spiro atoms. The van der Waals surface area contributed by atoms with Crippen LogP contribution >= 0.6 is 11.3 Å². The van der Waals surface area contributed by atoms with Gasteiger partial charge in [-0.2, -0.15) is 0 Å². The first-order valence-corrected chi connectivity index (χ1v) is 12.2. The highest BCUT2D eigenvalue weighted by Gasteiger charge is 2.34. The number of hydrogen-bond acceptors (Lipinski definition) is 7. The summed E-state index contributed by atoms with van der Waals surface area (Å²) in [4.78, 5) is 22.3. The normalized spacial score (nSPS) is 21.3. The van der Waals surface area contributed by atoms with E-state index in [9.17, 15) is 4.79 Å². The summed E-state index contributed by atoms with van der Waals surface area (Å²) in [5, 5.41) is 3.21. The second kappa shape index (κ2) is 10.0. The molecule has 2 aliphatic rings. The van der Waals surface area contributed by atoms with Crippen LogP contribution in [0.3, 0.4) is 0 Å². The van der Waals surface area contributed by atoms with Gasteiger partial charge in [-0.25, -0.2) is 15.8 Å². The van der Waals surface area contributed by atoms with Gasteiger partial charge in [0.25, 0.3) is 0 Å². The Labute approximate surface area is 198 Å². The molecule has 0 bridgehead atoms. The monoisotopic (exact) mass is 463 g/mol. The van der Waals surface area contributed by atoms with Crippen molar-refractivity contribution in [1.82, 2.24) is 25.6 Å². The Hall–Kier alpha value is -2.78. The Bertz CT molecular complexity index is 1080. The highest BCUT2D eigenvalue weighted by molar-refractivity contribution is 7.13. The Kier molecular flexibility index (Phi) is 6.68. The third-order valence-electron chi connectivity index (χ3n) is 6.34. The molecule has 2 atom stereocenters. The van der Waals surface area contributed by atoms with Crippen LogP contribution < -0.4 is 15.6 Å². The Morgan fingerprint density at radius 2 is 1.91 bits per heavy atom. The number of aromatic nitrogens is 1. The number of carbonyl (C=O) groups excluding carboxylic acids is 1. The van der Waals surface area contributed by atoms with Gasteiger partial charge in [-0.15, -0.1) is 11.3 Å². The minimum Gasteiger partial charge on any atom is -0.497 e. The van der Waals surface area contributed by atoms with Gasteiger partial charge in [-0.1, -0.05) is 42.5 Å². The zero-order chi connectivity index (χ0) is 22.6. The van der Waals surface area contributed by atoms with Gasteiger partial charge in [0.15, 0.2) is 0 Å². The van der Waals surface area contributed by atoms with E-state index in [0.29, 0.717) is 0 Å². The molecular weight excluding hydrogens is 434 g/mol. The molecule has 0 radical (unpaired) electrons. The highest BCUT2D eigenvalue weighted by Crippen LogP contribution is 2.27. The molecule has 3 heterocycles. The minimum atomic E-state index is -0.209. The number of carbonyl (C=O) groups is 1. The number of nitrogens with zero attached hydrogens (tertiary/aromatic N) is 3. The third-order valence-corrected chi connectivity index (χ3v) is 7.28. The average molecular weight is 464 g/mol. The molecule has 3 aromatic rings. The number of rotatable bonds is 6. The van der Waals surface area contributed by atoms with E-state index in [2.05, 4.69) is 39.3 Å². The molecule has 1 aromatic heterocycles. The number of amides is 1. The fourth-order valence-electron chi connectivity index (χ4n) is 4.46.